The molecule has 0 aromatic heterocycles. The predicted molar refractivity (Wildman–Crippen MR) is 116 cm³/mol. The van der Waals surface area contributed by atoms with Gasteiger partial charge in [0, 0.05) is 5.02 Å². The minimum absolute atomic E-state index is 0.169. The summed E-state index contributed by atoms with van der Waals surface area (Å²) in [5, 5.41) is 0.532. The van der Waals surface area contributed by atoms with E-state index in [9.17, 15) is 8.42 Å². The van der Waals surface area contributed by atoms with Crippen molar-refractivity contribution in [3.8, 4) is 11.5 Å². The number of rotatable bonds is 7. The summed E-state index contributed by atoms with van der Waals surface area (Å²) in [6.07, 6.45) is 0. The van der Waals surface area contributed by atoms with Crippen molar-refractivity contribution in [3.63, 3.8) is 0 Å². The summed E-state index contributed by atoms with van der Waals surface area (Å²) < 4.78 is 39.1. The van der Waals surface area contributed by atoms with Crippen molar-refractivity contribution < 1.29 is 17.9 Å². The number of hydrogen-bond donors (Lipinski definition) is 0. The third-order valence-corrected chi connectivity index (χ3v) is 6.79. The van der Waals surface area contributed by atoms with Crippen molar-refractivity contribution in [1.82, 2.24) is 0 Å². The van der Waals surface area contributed by atoms with Gasteiger partial charge in [-0.25, -0.2) is 8.42 Å². The first-order valence-electron chi connectivity index (χ1n) is 8.95. The number of hydrogen-bond acceptors (Lipinski definition) is 4. The van der Waals surface area contributed by atoms with E-state index in [4.69, 9.17) is 21.1 Å². The molecule has 0 aliphatic carbocycles. The molecule has 0 saturated carbocycles. The van der Waals surface area contributed by atoms with Crippen molar-refractivity contribution in [2.45, 2.75) is 17.9 Å². The zero-order chi connectivity index (χ0) is 21.0. The molecule has 5 nitrogen and oxygen atoms in total. The summed E-state index contributed by atoms with van der Waals surface area (Å²) in [4.78, 5) is 0.169. The average Bonchev–Trinajstić information content (AvgIpc) is 2.75. The van der Waals surface area contributed by atoms with Crippen LogP contribution in [0.2, 0.25) is 5.02 Å². The molecular weight excluding hydrogens is 410 g/mol. The zero-order valence-electron chi connectivity index (χ0n) is 16.4. The molecule has 0 amide bonds. The van der Waals surface area contributed by atoms with Crippen LogP contribution in [-0.2, 0) is 10.0 Å². The van der Waals surface area contributed by atoms with E-state index in [1.807, 2.05) is 31.2 Å². The standard InChI is InChI=1S/C22H22ClNO4S/c1-16(17-5-4-6-21(15-17)28-3)24(19-9-7-18(23)8-10-19)29(25,26)22-13-11-20(27-2)12-14-22/h4-16H,1-3H3/t16-/m1/s1. The predicted octanol–water partition coefficient (Wildman–Crippen LogP) is 5.31. The van der Waals surface area contributed by atoms with Crippen LogP contribution in [0.4, 0.5) is 5.69 Å². The normalized spacial score (nSPS) is 12.3. The van der Waals surface area contributed by atoms with Crippen LogP contribution in [0.25, 0.3) is 0 Å². The molecule has 0 spiro atoms. The van der Waals surface area contributed by atoms with Gasteiger partial charge in [0.15, 0.2) is 0 Å². The number of anilines is 1. The Labute approximate surface area is 176 Å². The van der Waals surface area contributed by atoms with E-state index in [1.165, 1.54) is 23.5 Å². The molecule has 29 heavy (non-hydrogen) atoms. The van der Waals surface area contributed by atoms with Crippen molar-refractivity contribution in [3.05, 3.63) is 83.4 Å². The highest BCUT2D eigenvalue weighted by atomic mass is 35.5. The maximum Gasteiger partial charge on any atom is 0.264 e. The number of halogens is 1. The molecule has 3 aromatic rings. The Morgan fingerprint density at radius 1 is 0.862 bits per heavy atom. The fourth-order valence-corrected chi connectivity index (χ4v) is 4.83. The molecule has 0 heterocycles. The summed E-state index contributed by atoms with van der Waals surface area (Å²) in [6.45, 7) is 1.84. The Kier molecular flexibility index (Phi) is 6.35. The van der Waals surface area contributed by atoms with Gasteiger partial charge in [-0.15, -0.1) is 0 Å². The quantitative estimate of drug-likeness (QED) is 0.508. The van der Waals surface area contributed by atoms with Gasteiger partial charge in [-0.05, 0) is 73.2 Å². The van der Waals surface area contributed by atoms with Crippen LogP contribution in [-0.4, -0.2) is 22.6 Å². The summed E-state index contributed by atoms with van der Waals surface area (Å²) >= 11 is 6.02. The highest BCUT2D eigenvalue weighted by Crippen LogP contribution is 2.35. The fraction of sp³-hybridized carbons (Fsp3) is 0.182. The minimum Gasteiger partial charge on any atom is -0.497 e. The second kappa shape index (κ2) is 8.76. The van der Waals surface area contributed by atoms with Gasteiger partial charge in [-0.1, -0.05) is 23.7 Å². The van der Waals surface area contributed by atoms with Gasteiger partial charge in [0.2, 0.25) is 0 Å². The van der Waals surface area contributed by atoms with E-state index in [2.05, 4.69) is 0 Å². The number of nitrogens with zero attached hydrogens (tertiary/aromatic N) is 1. The van der Waals surface area contributed by atoms with Crippen LogP contribution in [0.1, 0.15) is 18.5 Å². The lowest BCUT2D eigenvalue weighted by Crippen LogP contribution is -2.33. The Morgan fingerprint density at radius 3 is 2.07 bits per heavy atom. The second-order valence-electron chi connectivity index (χ2n) is 6.41. The lowest BCUT2D eigenvalue weighted by atomic mass is 10.1. The number of ether oxygens (including phenoxy) is 2. The first kappa shape index (κ1) is 21.0. The van der Waals surface area contributed by atoms with E-state index >= 15 is 0 Å². The SMILES string of the molecule is COc1ccc(S(=O)(=O)N(c2ccc(Cl)cc2)[C@H](C)c2cccc(OC)c2)cc1. The minimum atomic E-state index is -3.87. The van der Waals surface area contributed by atoms with Crippen LogP contribution in [0.15, 0.2) is 77.7 Å². The highest BCUT2D eigenvalue weighted by molar-refractivity contribution is 7.92. The fourth-order valence-electron chi connectivity index (χ4n) is 3.06. The first-order chi connectivity index (χ1) is 13.9. The average molecular weight is 432 g/mol. The van der Waals surface area contributed by atoms with Crippen LogP contribution in [0.3, 0.4) is 0 Å². The summed E-state index contributed by atoms with van der Waals surface area (Å²) in [7, 11) is -0.751. The van der Waals surface area contributed by atoms with Crippen molar-refractivity contribution in [2.24, 2.45) is 0 Å². The monoisotopic (exact) mass is 431 g/mol. The Hall–Kier alpha value is -2.70. The van der Waals surface area contributed by atoms with Gasteiger partial charge >= 0.3 is 0 Å². The van der Waals surface area contributed by atoms with Crippen molar-refractivity contribution in [2.75, 3.05) is 18.5 Å². The van der Waals surface area contributed by atoms with E-state index in [0.29, 0.717) is 22.2 Å². The first-order valence-corrected chi connectivity index (χ1v) is 10.8. The lowest BCUT2D eigenvalue weighted by molar-refractivity contribution is 0.414. The third-order valence-electron chi connectivity index (χ3n) is 4.63. The number of sulfonamides is 1. The van der Waals surface area contributed by atoms with E-state index in [0.717, 1.165) is 5.56 Å². The maximum absolute atomic E-state index is 13.6. The molecule has 3 rings (SSSR count). The molecule has 0 aliphatic heterocycles. The largest absolute Gasteiger partial charge is 0.497 e. The van der Waals surface area contributed by atoms with Gasteiger partial charge in [-0.3, -0.25) is 4.31 Å². The molecule has 0 N–H and O–H groups in total. The van der Waals surface area contributed by atoms with Gasteiger partial charge < -0.3 is 9.47 Å². The molecule has 7 heteroatoms. The second-order valence-corrected chi connectivity index (χ2v) is 8.66. The molecule has 152 valence electrons. The Morgan fingerprint density at radius 2 is 1.48 bits per heavy atom. The smallest absolute Gasteiger partial charge is 0.264 e. The van der Waals surface area contributed by atoms with Gasteiger partial charge in [0.1, 0.15) is 11.5 Å². The topological polar surface area (TPSA) is 55.8 Å². The van der Waals surface area contributed by atoms with E-state index < -0.39 is 16.1 Å². The highest BCUT2D eigenvalue weighted by Gasteiger charge is 2.30. The molecule has 0 unspecified atom stereocenters. The van der Waals surface area contributed by atoms with Crippen molar-refractivity contribution in [1.29, 1.82) is 0 Å². The molecule has 0 saturated heterocycles. The van der Waals surface area contributed by atoms with E-state index in [1.54, 1.807) is 43.5 Å². The van der Waals surface area contributed by atoms with Crippen LogP contribution < -0.4 is 13.8 Å². The van der Waals surface area contributed by atoms with Crippen LogP contribution >= 0.6 is 11.6 Å². The maximum atomic E-state index is 13.6. The molecule has 0 radical (unpaired) electrons. The van der Waals surface area contributed by atoms with Gasteiger partial charge in [0.05, 0.1) is 30.8 Å². The molecule has 0 fully saturated rings. The number of methoxy groups -OCH3 is 2. The Balaban J connectivity index is 2.12. The third kappa shape index (κ3) is 4.49. The molecule has 3 aromatic carbocycles. The Bertz CT molecular complexity index is 1070. The van der Waals surface area contributed by atoms with E-state index in [-0.39, 0.29) is 4.90 Å². The van der Waals surface area contributed by atoms with Crippen LogP contribution in [0, 0.1) is 0 Å². The van der Waals surface area contributed by atoms with Crippen molar-refractivity contribution >= 4 is 27.3 Å². The molecule has 0 aliphatic rings. The number of benzene rings is 3. The molecular formula is C22H22ClNO4S. The molecule has 1 atom stereocenters. The summed E-state index contributed by atoms with van der Waals surface area (Å²) in [5.74, 6) is 1.25. The summed E-state index contributed by atoms with van der Waals surface area (Å²) in [5.41, 5.74) is 1.32. The zero-order valence-corrected chi connectivity index (χ0v) is 17.9. The van der Waals surface area contributed by atoms with Gasteiger partial charge in [-0.2, -0.15) is 0 Å². The van der Waals surface area contributed by atoms with Crippen LogP contribution in [0.5, 0.6) is 11.5 Å². The summed E-state index contributed by atoms with van der Waals surface area (Å²) in [6, 6.07) is 19.9. The van der Waals surface area contributed by atoms with Gasteiger partial charge in [0.25, 0.3) is 10.0 Å². The molecule has 0 bridgehead atoms. The lowest BCUT2D eigenvalue weighted by Gasteiger charge is -2.31.